The number of benzene rings is 1. The van der Waals surface area contributed by atoms with Gasteiger partial charge in [0.1, 0.15) is 0 Å². The van der Waals surface area contributed by atoms with Crippen molar-refractivity contribution >= 4 is 12.0 Å². The summed E-state index contributed by atoms with van der Waals surface area (Å²) in [5.41, 5.74) is 3.37. The predicted octanol–water partition coefficient (Wildman–Crippen LogP) is 2.93. The second kappa shape index (κ2) is 6.18. The third-order valence-electron chi connectivity index (χ3n) is 3.89. The van der Waals surface area contributed by atoms with E-state index in [-0.39, 0.29) is 5.91 Å². The third kappa shape index (κ3) is 3.64. The molecule has 4 nitrogen and oxygen atoms in total. The van der Waals surface area contributed by atoms with Crippen LogP contribution in [0.2, 0.25) is 0 Å². The molecule has 0 unspecified atom stereocenters. The van der Waals surface area contributed by atoms with Crippen LogP contribution < -0.4 is 0 Å². The lowest BCUT2D eigenvalue weighted by atomic mass is 10.1. The van der Waals surface area contributed by atoms with Crippen molar-refractivity contribution in [3.63, 3.8) is 0 Å². The number of aromatic nitrogens is 2. The molecule has 1 saturated carbocycles. The molecule has 1 aromatic heterocycles. The van der Waals surface area contributed by atoms with Crippen LogP contribution in [0, 0.1) is 6.92 Å². The maximum absolute atomic E-state index is 12.5. The van der Waals surface area contributed by atoms with Gasteiger partial charge >= 0.3 is 0 Å². The van der Waals surface area contributed by atoms with Gasteiger partial charge < -0.3 is 4.90 Å². The van der Waals surface area contributed by atoms with Crippen LogP contribution in [-0.2, 0) is 18.4 Å². The molecule has 1 fully saturated rings. The van der Waals surface area contributed by atoms with Crippen LogP contribution in [0.15, 0.2) is 42.7 Å². The van der Waals surface area contributed by atoms with Gasteiger partial charge in [0.2, 0.25) is 5.91 Å². The zero-order chi connectivity index (χ0) is 15.5. The number of amides is 1. The molecule has 3 rings (SSSR count). The summed E-state index contributed by atoms with van der Waals surface area (Å²) in [7, 11) is 1.87. The molecule has 4 heteroatoms. The van der Waals surface area contributed by atoms with E-state index in [2.05, 4.69) is 36.3 Å². The highest BCUT2D eigenvalue weighted by molar-refractivity contribution is 5.92. The molecule has 0 aliphatic heterocycles. The van der Waals surface area contributed by atoms with Gasteiger partial charge in [-0.05, 0) is 31.4 Å². The van der Waals surface area contributed by atoms with Crippen molar-refractivity contribution in [2.24, 2.45) is 7.05 Å². The molecule has 1 aliphatic rings. The summed E-state index contributed by atoms with van der Waals surface area (Å²) < 4.78 is 1.73. The van der Waals surface area contributed by atoms with Gasteiger partial charge in [-0.25, -0.2) is 0 Å². The minimum Gasteiger partial charge on any atom is -0.332 e. The van der Waals surface area contributed by atoms with Gasteiger partial charge in [-0.1, -0.05) is 29.8 Å². The van der Waals surface area contributed by atoms with Crippen LogP contribution in [0.4, 0.5) is 0 Å². The summed E-state index contributed by atoms with van der Waals surface area (Å²) in [5.74, 6) is 0.0759. The Bertz CT molecular complexity index is 681. The fourth-order valence-corrected chi connectivity index (χ4v) is 2.45. The molecular formula is C18H21N3O. The van der Waals surface area contributed by atoms with Gasteiger partial charge in [0.15, 0.2) is 0 Å². The molecular weight excluding hydrogens is 274 g/mol. The first-order valence-corrected chi connectivity index (χ1v) is 7.65. The fourth-order valence-electron chi connectivity index (χ4n) is 2.45. The van der Waals surface area contributed by atoms with E-state index in [9.17, 15) is 4.79 Å². The first-order valence-electron chi connectivity index (χ1n) is 7.65. The van der Waals surface area contributed by atoms with Gasteiger partial charge in [-0.3, -0.25) is 9.48 Å². The monoisotopic (exact) mass is 295 g/mol. The van der Waals surface area contributed by atoms with Crippen LogP contribution in [0.5, 0.6) is 0 Å². The van der Waals surface area contributed by atoms with Crippen molar-refractivity contribution in [1.82, 2.24) is 14.7 Å². The molecule has 1 heterocycles. The Kier molecular flexibility index (Phi) is 4.09. The maximum atomic E-state index is 12.5. The average Bonchev–Trinajstić information content (AvgIpc) is 3.26. The summed E-state index contributed by atoms with van der Waals surface area (Å²) in [5, 5.41) is 4.10. The van der Waals surface area contributed by atoms with Crippen LogP contribution in [0.3, 0.4) is 0 Å². The largest absolute Gasteiger partial charge is 0.332 e. The van der Waals surface area contributed by atoms with Gasteiger partial charge in [0.05, 0.1) is 6.20 Å². The first-order chi connectivity index (χ1) is 10.6. The molecule has 0 atom stereocenters. The van der Waals surface area contributed by atoms with E-state index in [1.165, 1.54) is 11.1 Å². The summed E-state index contributed by atoms with van der Waals surface area (Å²) in [6, 6.07) is 8.78. The van der Waals surface area contributed by atoms with Crippen LogP contribution in [0.25, 0.3) is 6.08 Å². The Balaban J connectivity index is 1.69. The number of rotatable bonds is 5. The Labute approximate surface area is 131 Å². The topological polar surface area (TPSA) is 38.1 Å². The highest BCUT2D eigenvalue weighted by Crippen LogP contribution is 2.28. The standard InChI is InChI=1S/C18H21N3O/c1-14-3-5-15(6-4-14)13-21(17-8-9-17)18(22)10-7-16-11-19-20(2)12-16/h3-7,10-12,17H,8-9,13H2,1-2H3/b10-7+. The number of hydrogen-bond donors (Lipinski definition) is 0. The van der Waals surface area contributed by atoms with E-state index in [0.29, 0.717) is 12.6 Å². The predicted molar refractivity (Wildman–Crippen MR) is 87.0 cm³/mol. The van der Waals surface area contributed by atoms with Crippen molar-refractivity contribution in [2.75, 3.05) is 0 Å². The van der Waals surface area contributed by atoms with E-state index in [1.54, 1.807) is 17.0 Å². The number of aryl methyl sites for hydroxylation is 2. The van der Waals surface area contributed by atoms with E-state index in [0.717, 1.165) is 18.4 Å². The molecule has 0 bridgehead atoms. The zero-order valence-electron chi connectivity index (χ0n) is 13.1. The maximum Gasteiger partial charge on any atom is 0.247 e. The highest BCUT2D eigenvalue weighted by atomic mass is 16.2. The highest BCUT2D eigenvalue weighted by Gasteiger charge is 2.31. The van der Waals surface area contributed by atoms with E-state index in [4.69, 9.17) is 0 Å². The number of carbonyl (C=O) groups is 1. The number of hydrogen-bond acceptors (Lipinski definition) is 2. The zero-order valence-corrected chi connectivity index (χ0v) is 13.1. The van der Waals surface area contributed by atoms with Gasteiger partial charge in [0.25, 0.3) is 0 Å². The van der Waals surface area contributed by atoms with Crippen molar-refractivity contribution in [1.29, 1.82) is 0 Å². The lowest BCUT2D eigenvalue weighted by Gasteiger charge is -2.21. The van der Waals surface area contributed by atoms with Crippen LogP contribution in [0.1, 0.15) is 29.5 Å². The van der Waals surface area contributed by atoms with Crippen molar-refractivity contribution in [2.45, 2.75) is 32.4 Å². The molecule has 22 heavy (non-hydrogen) atoms. The molecule has 0 radical (unpaired) electrons. The minimum absolute atomic E-state index is 0.0759. The molecule has 0 saturated heterocycles. The molecule has 0 N–H and O–H groups in total. The molecule has 0 spiro atoms. The van der Waals surface area contributed by atoms with Gasteiger partial charge in [-0.2, -0.15) is 5.10 Å². The van der Waals surface area contributed by atoms with Gasteiger partial charge in [0, 0.05) is 37.5 Å². The molecule has 1 amide bonds. The summed E-state index contributed by atoms with van der Waals surface area (Å²) >= 11 is 0. The minimum atomic E-state index is 0.0759. The quantitative estimate of drug-likeness (QED) is 0.795. The van der Waals surface area contributed by atoms with E-state index < -0.39 is 0 Å². The summed E-state index contributed by atoms with van der Waals surface area (Å²) in [6.07, 6.45) is 9.36. The SMILES string of the molecule is Cc1ccc(CN(C(=O)/C=C/c2cnn(C)c2)C2CC2)cc1. The molecule has 1 aliphatic carbocycles. The summed E-state index contributed by atoms with van der Waals surface area (Å²) in [4.78, 5) is 14.5. The molecule has 114 valence electrons. The van der Waals surface area contributed by atoms with Crippen molar-refractivity contribution in [3.05, 3.63) is 59.4 Å². The smallest absolute Gasteiger partial charge is 0.247 e. The van der Waals surface area contributed by atoms with Gasteiger partial charge in [-0.15, -0.1) is 0 Å². The van der Waals surface area contributed by atoms with E-state index >= 15 is 0 Å². The van der Waals surface area contributed by atoms with E-state index in [1.807, 2.05) is 24.2 Å². The lowest BCUT2D eigenvalue weighted by molar-refractivity contribution is -0.127. The third-order valence-corrected chi connectivity index (χ3v) is 3.89. The normalized spacial score (nSPS) is 14.5. The second-order valence-corrected chi connectivity index (χ2v) is 5.96. The Hall–Kier alpha value is -2.36. The fraction of sp³-hybridized carbons (Fsp3) is 0.333. The van der Waals surface area contributed by atoms with Crippen LogP contribution in [-0.4, -0.2) is 26.6 Å². The Morgan fingerprint density at radius 1 is 1.36 bits per heavy atom. The average molecular weight is 295 g/mol. The lowest BCUT2D eigenvalue weighted by Crippen LogP contribution is -2.31. The first kappa shape index (κ1) is 14.6. The van der Waals surface area contributed by atoms with Crippen LogP contribution >= 0.6 is 0 Å². The molecule has 1 aromatic carbocycles. The van der Waals surface area contributed by atoms with Crippen molar-refractivity contribution < 1.29 is 4.79 Å². The molecule has 2 aromatic rings. The summed E-state index contributed by atoms with van der Waals surface area (Å²) in [6.45, 7) is 2.76. The Morgan fingerprint density at radius 3 is 2.68 bits per heavy atom. The number of carbonyl (C=O) groups excluding carboxylic acids is 1. The Morgan fingerprint density at radius 2 is 2.09 bits per heavy atom. The second-order valence-electron chi connectivity index (χ2n) is 5.96. The number of nitrogens with zero attached hydrogens (tertiary/aromatic N) is 3. The van der Waals surface area contributed by atoms with Crippen molar-refractivity contribution in [3.8, 4) is 0 Å².